The Kier molecular flexibility index (Phi) is 7.02. The maximum Gasteiger partial charge on any atom is 0.325 e. The van der Waals surface area contributed by atoms with Crippen LogP contribution in [-0.2, 0) is 9.53 Å². The van der Waals surface area contributed by atoms with E-state index in [0.717, 1.165) is 12.1 Å². The SMILES string of the molecule is COc1cc(OC)cc(C(=O)NCC(=O)OCC(=O)c2cc(F)ccc2F)c1. The Morgan fingerprint density at radius 1 is 0.964 bits per heavy atom. The molecule has 0 radical (unpaired) electrons. The van der Waals surface area contributed by atoms with Crippen molar-refractivity contribution in [2.24, 2.45) is 0 Å². The molecule has 148 valence electrons. The van der Waals surface area contributed by atoms with Crippen LogP contribution in [0.5, 0.6) is 11.5 Å². The van der Waals surface area contributed by atoms with Gasteiger partial charge >= 0.3 is 5.97 Å². The van der Waals surface area contributed by atoms with E-state index < -0.39 is 48.0 Å². The van der Waals surface area contributed by atoms with E-state index in [0.29, 0.717) is 17.6 Å². The van der Waals surface area contributed by atoms with E-state index in [9.17, 15) is 23.2 Å². The first-order valence-electron chi connectivity index (χ1n) is 7.99. The molecule has 2 aromatic rings. The number of carbonyl (C=O) groups excluding carboxylic acids is 3. The average Bonchev–Trinajstić information content (AvgIpc) is 2.71. The monoisotopic (exact) mass is 393 g/mol. The number of methoxy groups -OCH3 is 2. The minimum absolute atomic E-state index is 0.182. The molecule has 0 unspecified atom stereocenters. The quantitative estimate of drug-likeness (QED) is 0.546. The summed E-state index contributed by atoms with van der Waals surface area (Å²) in [6, 6.07) is 6.83. The van der Waals surface area contributed by atoms with Gasteiger partial charge in [-0.2, -0.15) is 0 Å². The first-order valence-corrected chi connectivity index (χ1v) is 7.99. The molecular weight excluding hydrogens is 376 g/mol. The van der Waals surface area contributed by atoms with Gasteiger partial charge in [-0.05, 0) is 30.3 Å². The van der Waals surface area contributed by atoms with Gasteiger partial charge in [-0.1, -0.05) is 0 Å². The van der Waals surface area contributed by atoms with Crippen molar-refractivity contribution >= 4 is 17.7 Å². The summed E-state index contributed by atoms with van der Waals surface area (Å²) in [5.74, 6) is -3.39. The summed E-state index contributed by atoms with van der Waals surface area (Å²) in [7, 11) is 2.85. The smallest absolute Gasteiger partial charge is 0.325 e. The van der Waals surface area contributed by atoms with Crippen LogP contribution in [-0.4, -0.2) is 45.0 Å². The van der Waals surface area contributed by atoms with Crippen molar-refractivity contribution in [1.29, 1.82) is 0 Å². The van der Waals surface area contributed by atoms with E-state index in [4.69, 9.17) is 9.47 Å². The van der Waals surface area contributed by atoms with Crippen LogP contribution < -0.4 is 14.8 Å². The Labute approximate surface area is 159 Å². The van der Waals surface area contributed by atoms with Crippen molar-refractivity contribution in [2.75, 3.05) is 27.4 Å². The lowest BCUT2D eigenvalue weighted by atomic mass is 10.1. The highest BCUT2D eigenvalue weighted by Crippen LogP contribution is 2.22. The van der Waals surface area contributed by atoms with Gasteiger partial charge in [-0.25, -0.2) is 8.78 Å². The molecule has 2 rings (SSSR count). The van der Waals surface area contributed by atoms with Gasteiger partial charge in [-0.3, -0.25) is 14.4 Å². The minimum atomic E-state index is -0.928. The predicted octanol–water partition coefficient (Wildman–Crippen LogP) is 2.14. The molecule has 0 aromatic heterocycles. The predicted molar refractivity (Wildman–Crippen MR) is 93.5 cm³/mol. The fourth-order valence-corrected chi connectivity index (χ4v) is 2.18. The van der Waals surface area contributed by atoms with E-state index in [2.05, 4.69) is 10.1 Å². The zero-order valence-corrected chi connectivity index (χ0v) is 15.1. The summed E-state index contributed by atoms with van der Waals surface area (Å²) in [4.78, 5) is 35.7. The molecule has 1 N–H and O–H groups in total. The Bertz CT molecular complexity index is 878. The fraction of sp³-hybridized carbons (Fsp3) is 0.211. The molecule has 0 bridgehead atoms. The first-order chi connectivity index (χ1) is 13.3. The second kappa shape index (κ2) is 9.45. The molecule has 0 atom stereocenters. The number of Topliss-reactive ketones (excluding diaryl/α,β-unsaturated/α-hetero) is 1. The van der Waals surface area contributed by atoms with Crippen molar-refractivity contribution in [3.8, 4) is 11.5 Å². The number of rotatable bonds is 8. The van der Waals surface area contributed by atoms with Gasteiger partial charge in [0.15, 0.2) is 6.61 Å². The molecule has 9 heteroatoms. The summed E-state index contributed by atoms with van der Waals surface area (Å²) >= 11 is 0. The van der Waals surface area contributed by atoms with Crippen LogP contribution in [0, 0.1) is 11.6 Å². The molecule has 0 saturated heterocycles. The number of halogens is 2. The topological polar surface area (TPSA) is 90.9 Å². The molecule has 0 aliphatic heterocycles. The first kappa shape index (κ1) is 20.8. The number of ketones is 1. The van der Waals surface area contributed by atoms with Crippen molar-refractivity contribution < 1.29 is 37.4 Å². The third-order valence-corrected chi connectivity index (χ3v) is 3.60. The van der Waals surface area contributed by atoms with E-state index in [1.54, 1.807) is 6.07 Å². The van der Waals surface area contributed by atoms with Crippen molar-refractivity contribution in [1.82, 2.24) is 5.32 Å². The van der Waals surface area contributed by atoms with Gasteiger partial charge < -0.3 is 19.5 Å². The maximum absolute atomic E-state index is 13.5. The lowest BCUT2D eigenvalue weighted by molar-refractivity contribution is -0.141. The average molecular weight is 393 g/mol. The molecule has 0 saturated carbocycles. The fourth-order valence-electron chi connectivity index (χ4n) is 2.18. The summed E-state index contributed by atoms with van der Waals surface area (Å²) in [5, 5.41) is 2.32. The van der Waals surface area contributed by atoms with Crippen LogP contribution in [0.2, 0.25) is 0 Å². The van der Waals surface area contributed by atoms with Crippen LogP contribution in [0.1, 0.15) is 20.7 Å². The molecule has 1 amide bonds. The number of carbonyl (C=O) groups is 3. The highest BCUT2D eigenvalue weighted by Gasteiger charge is 2.16. The highest BCUT2D eigenvalue weighted by atomic mass is 19.1. The Hall–Kier alpha value is -3.49. The van der Waals surface area contributed by atoms with Crippen molar-refractivity contribution in [3.63, 3.8) is 0 Å². The third kappa shape index (κ3) is 5.50. The van der Waals surface area contributed by atoms with Crippen LogP contribution in [0.4, 0.5) is 8.78 Å². The Balaban J connectivity index is 1.89. The van der Waals surface area contributed by atoms with Gasteiger partial charge in [0.25, 0.3) is 5.91 Å². The van der Waals surface area contributed by atoms with Crippen LogP contribution in [0.15, 0.2) is 36.4 Å². The Morgan fingerprint density at radius 3 is 2.21 bits per heavy atom. The summed E-state index contributed by atoms with van der Waals surface area (Å²) < 4.78 is 41.4. The maximum atomic E-state index is 13.5. The number of benzene rings is 2. The highest BCUT2D eigenvalue weighted by molar-refractivity contribution is 5.99. The van der Waals surface area contributed by atoms with Gasteiger partial charge in [0.05, 0.1) is 19.8 Å². The van der Waals surface area contributed by atoms with Crippen LogP contribution in [0.25, 0.3) is 0 Å². The number of amides is 1. The Morgan fingerprint density at radius 2 is 1.61 bits per heavy atom. The second-order valence-corrected chi connectivity index (χ2v) is 5.49. The molecule has 7 nitrogen and oxygen atoms in total. The van der Waals surface area contributed by atoms with E-state index in [1.807, 2.05) is 0 Å². The molecule has 0 aliphatic rings. The zero-order valence-electron chi connectivity index (χ0n) is 15.1. The lowest BCUT2D eigenvalue weighted by Gasteiger charge is -2.09. The largest absolute Gasteiger partial charge is 0.497 e. The van der Waals surface area contributed by atoms with Crippen LogP contribution >= 0.6 is 0 Å². The third-order valence-electron chi connectivity index (χ3n) is 3.60. The number of nitrogens with one attached hydrogen (secondary N) is 1. The molecule has 0 spiro atoms. The zero-order chi connectivity index (χ0) is 20.7. The second-order valence-electron chi connectivity index (χ2n) is 5.49. The summed E-state index contributed by atoms with van der Waals surface area (Å²) in [6.45, 7) is -1.32. The summed E-state index contributed by atoms with van der Waals surface area (Å²) in [6.07, 6.45) is 0. The lowest BCUT2D eigenvalue weighted by Crippen LogP contribution is -2.31. The molecule has 0 aliphatic carbocycles. The van der Waals surface area contributed by atoms with Crippen molar-refractivity contribution in [2.45, 2.75) is 0 Å². The molecule has 28 heavy (non-hydrogen) atoms. The van der Waals surface area contributed by atoms with Gasteiger partial charge in [-0.15, -0.1) is 0 Å². The van der Waals surface area contributed by atoms with E-state index in [-0.39, 0.29) is 5.56 Å². The van der Waals surface area contributed by atoms with E-state index in [1.165, 1.54) is 26.4 Å². The molecule has 0 fully saturated rings. The minimum Gasteiger partial charge on any atom is -0.497 e. The number of hydrogen-bond acceptors (Lipinski definition) is 6. The van der Waals surface area contributed by atoms with Gasteiger partial charge in [0.1, 0.15) is 29.7 Å². The number of ether oxygens (including phenoxy) is 3. The van der Waals surface area contributed by atoms with Gasteiger partial charge in [0, 0.05) is 11.6 Å². The summed E-state index contributed by atoms with van der Waals surface area (Å²) in [5.41, 5.74) is -0.345. The molecular formula is C19H17F2NO6. The normalized spacial score (nSPS) is 10.1. The van der Waals surface area contributed by atoms with Crippen LogP contribution in [0.3, 0.4) is 0 Å². The number of esters is 1. The standard InChI is InChI=1S/C19H17F2NO6/c1-26-13-5-11(6-14(8-13)27-2)19(25)22-9-18(24)28-10-17(23)15-7-12(20)3-4-16(15)21/h3-8H,9-10H2,1-2H3,(H,22,25). The van der Waals surface area contributed by atoms with Gasteiger partial charge in [0.2, 0.25) is 5.78 Å². The van der Waals surface area contributed by atoms with Crippen molar-refractivity contribution in [3.05, 3.63) is 59.2 Å². The number of hydrogen-bond donors (Lipinski definition) is 1. The molecule has 2 aromatic carbocycles. The van der Waals surface area contributed by atoms with E-state index >= 15 is 0 Å². The molecule has 0 heterocycles.